The Balaban J connectivity index is 0.000000392. The minimum atomic E-state index is -5.08. The number of fused-ring (bicyclic) bond motifs is 2. The fourth-order valence-corrected chi connectivity index (χ4v) is 4.82. The fraction of sp³-hybridized carbons (Fsp3) is 0.231. The third kappa shape index (κ3) is 5.79. The van der Waals surface area contributed by atoms with Crippen LogP contribution in [0.4, 0.5) is 19.0 Å². The molecule has 0 saturated carbocycles. The summed E-state index contributed by atoms with van der Waals surface area (Å²) in [6.07, 6.45) is -1.22. The summed E-state index contributed by atoms with van der Waals surface area (Å²) in [6, 6.07) is 15.8. The molecule has 39 heavy (non-hydrogen) atoms. The standard InChI is InChI=1S/C24H20Cl2N6.C2HF3O2/c25-16-12-20-21(13-17(16)26)31-23(30-20)15-4-3-9-27-24(15)32-10-7-14(8-11-32)22-28-18-5-1-2-6-19(18)29-22;3-2(4,5)1(6)7/h1-6,9,12-14H,7-8,10-11H2,(H,28,29)(H,30,31);(H,6,7). The number of halogens is 5. The molecular weight excluding hydrogens is 556 g/mol. The fourth-order valence-electron chi connectivity index (χ4n) is 4.50. The van der Waals surface area contributed by atoms with E-state index in [1.54, 1.807) is 6.07 Å². The highest BCUT2D eigenvalue weighted by Crippen LogP contribution is 2.35. The van der Waals surface area contributed by atoms with Gasteiger partial charge >= 0.3 is 12.1 Å². The Kier molecular flexibility index (Phi) is 7.37. The summed E-state index contributed by atoms with van der Waals surface area (Å²) in [5.74, 6) is 0.444. The molecule has 6 rings (SSSR count). The van der Waals surface area contributed by atoms with Crippen molar-refractivity contribution < 1.29 is 23.1 Å². The molecule has 8 nitrogen and oxygen atoms in total. The minimum Gasteiger partial charge on any atom is -0.475 e. The molecule has 1 aliphatic rings. The number of alkyl halides is 3. The van der Waals surface area contributed by atoms with Crippen LogP contribution in [0, 0.1) is 0 Å². The number of rotatable bonds is 3. The SMILES string of the molecule is Clc1cc2nc(-c3cccnc3N3CCC(c4nc5ccccc5[nH]4)CC3)[nH]c2cc1Cl.O=C(O)C(F)(F)F. The number of carboxylic acid groups (broad SMARTS) is 1. The molecule has 5 aromatic rings. The second-order valence-electron chi connectivity index (χ2n) is 8.95. The van der Waals surface area contributed by atoms with Gasteiger partial charge in [-0.3, -0.25) is 0 Å². The monoisotopic (exact) mass is 576 g/mol. The molecule has 0 atom stereocenters. The normalized spacial score (nSPS) is 14.4. The molecule has 1 saturated heterocycles. The van der Waals surface area contributed by atoms with E-state index < -0.39 is 12.1 Å². The zero-order chi connectivity index (χ0) is 27.7. The van der Waals surface area contributed by atoms with Gasteiger partial charge in [-0.2, -0.15) is 13.2 Å². The Morgan fingerprint density at radius 1 is 0.949 bits per heavy atom. The smallest absolute Gasteiger partial charge is 0.475 e. The number of nitrogens with zero attached hydrogens (tertiary/aromatic N) is 4. The highest BCUT2D eigenvalue weighted by atomic mass is 35.5. The number of imidazole rings is 2. The van der Waals surface area contributed by atoms with Crippen LogP contribution in [0.2, 0.25) is 10.0 Å². The summed E-state index contributed by atoms with van der Waals surface area (Å²) in [6.45, 7) is 1.81. The van der Waals surface area contributed by atoms with Gasteiger partial charge in [0.15, 0.2) is 0 Å². The number of aromatic amines is 2. The molecule has 13 heteroatoms. The van der Waals surface area contributed by atoms with Crippen molar-refractivity contribution in [1.82, 2.24) is 24.9 Å². The van der Waals surface area contributed by atoms with Crippen LogP contribution >= 0.6 is 23.2 Å². The molecule has 0 radical (unpaired) electrons. The number of carbonyl (C=O) groups is 1. The first kappa shape index (κ1) is 26.8. The molecule has 0 unspecified atom stereocenters. The van der Waals surface area contributed by atoms with Crippen LogP contribution in [-0.4, -0.2) is 55.3 Å². The van der Waals surface area contributed by atoms with E-state index in [1.807, 2.05) is 30.5 Å². The third-order valence-corrected chi connectivity index (χ3v) is 7.12. The van der Waals surface area contributed by atoms with Crippen molar-refractivity contribution in [2.75, 3.05) is 18.0 Å². The summed E-state index contributed by atoms with van der Waals surface area (Å²) < 4.78 is 31.7. The van der Waals surface area contributed by atoms with Gasteiger partial charge in [-0.15, -0.1) is 0 Å². The molecule has 2 aromatic carbocycles. The quantitative estimate of drug-likeness (QED) is 0.217. The zero-order valence-electron chi connectivity index (χ0n) is 20.1. The van der Waals surface area contributed by atoms with Crippen LogP contribution in [0.15, 0.2) is 54.7 Å². The Morgan fingerprint density at radius 3 is 2.33 bits per heavy atom. The summed E-state index contributed by atoms with van der Waals surface area (Å²) in [4.78, 5) is 32.4. The molecule has 3 aromatic heterocycles. The highest BCUT2D eigenvalue weighted by molar-refractivity contribution is 6.42. The van der Waals surface area contributed by atoms with Crippen molar-refractivity contribution in [2.24, 2.45) is 0 Å². The van der Waals surface area contributed by atoms with Crippen molar-refractivity contribution in [2.45, 2.75) is 24.9 Å². The Bertz CT molecular complexity index is 1570. The van der Waals surface area contributed by atoms with Gasteiger partial charge in [0.05, 0.1) is 37.7 Å². The maximum absolute atomic E-state index is 10.6. The molecule has 1 aliphatic heterocycles. The number of H-pyrrole nitrogens is 2. The lowest BCUT2D eigenvalue weighted by Crippen LogP contribution is -2.34. The molecule has 202 valence electrons. The van der Waals surface area contributed by atoms with Gasteiger partial charge in [-0.1, -0.05) is 35.3 Å². The van der Waals surface area contributed by atoms with Gasteiger partial charge in [-0.25, -0.2) is 19.7 Å². The number of hydrogen-bond donors (Lipinski definition) is 3. The van der Waals surface area contributed by atoms with Gasteiger partial charge in [-0.05, 0) is 49.2 Å². The number of hydrogen-bond acceptors (Lipinski definition) is 5. The average Bonchev–Trinajstić information content (AvgIpc) is 3.53. The summed E-state index contributed by atoms with van der Waals surface area (Å²) >= 11 is 12.3. The number of pyridine rings is 1. The van der Waals surface area contributed by atoms with Gasteiger partial charge in [0.25, 0.3) is 0 Å². The topological polar surface area (TPSA) is 111 Å². The van der Waals surface area contributed by atoms with Crippen molar-refractivity contribution in [3.8, 4) is 11.4 Å². The predicted molar refractivity (Wildman–Crippen MR) is 143 cm³/mol. The van der Waals surface area contributed by atoms with Crippen molar-refractivity contribution in [1.29, 1.82) is 0 Å². The lowest BCUT2D eigenvalue weighted by atomic mass is 9.96. The molecular formula is C26H21Cl2F3N6O2. The summed E-state index contributed by atoms with van der Waals surface area (Å²) in [7, 11) is 0. The van der Waals surface area contributed by atoms with Crippen molar-refractivity contribution >= 4 is 57.1 Å². The molecule has 0 bridgehead atoms. The Hall–Kier alpha value is -3.83. The number of aromatic nitrogens is 5. The minimum absolute atomic E-state index is 0.418. The first-order valence-corrected chi connectivity index (χ1v) is 12.7. The van der Waals surface area contributed by atoms with E-state index in [-0.39, 0.29) is 0 Å². The van der Waals surface area contributed by atoms with Crippen LogP contribution < -0.4 is 4.90 Å². The third-order valence-electron chi connectivity index (χ3n) is 6.40. The predicted octanol–water partition coefficient (Wildman–Crippen LogP) is 6.83. The number of aliphatic carboxylic acids is 1. The highest BCUT2D eigenvalue weighted by Gasteiger charge is 2.38. The molecule has 0 spiro atoms. The maximum atomic E-state index is 10.6. The molecule has 0 aliphatic carbocycles. The van der Waals surface area contributed by atoms with Gasteiger partial charge in [0, 0.05) is 25.2 Å². The van der Waals surface area contributed by atoms with E-state index in [2.05, 4.69) is 33.1 Å². The average molecular weight is 577 g/mol. The van der Waals surface area contributed by atoms with Crippen LogP contribution in [0.3, 0.4) is 0 Å². The lowest BCUT2D eigenvalue weighted by molar-refractivity contribution is -0.192. The first-order chi connectivity index (χ1) is 18.6. The number of nitrogens with one attached hydrogen (secondary N) is 2. The van der Waals surface area contributed by atoms with E-state index in [1.165, 1.54) is 0 Å². The summed E-state index contributed by atoms with van der Waals surface area (Å²) in [5.41, 5.74) is 4.74. The van der Waals surface area contributed by atoms with E-state index in [9.17, 15) is 13.2 Å². The first-order valence-electron chi connectivity index (χ1n) is 11.9. The van der Waals surface area contributed by atoms with Gasteiger partial charge in [0.1, 0.15) is 17.5 Å². The van der Waals surface area contributed by atoms with Gasteiger partial charge in [0.2, 0.25) is 0 Å². The maximum Gasteiger partial charge on any atom is 0.490 e. The zero-order valence-corrected chi connectivity index (χ0v) is 21.6. The Labute approximate surface area is 229 Å². The van der Waals surface area contributed by atoms with Crippen molar-refractivity contribution in [3.63, 3.8) is 0 Å². The molecule has 4 heterocycles. The largest absolute Gasteiger partial charge is 0.490 e. The van der Waals surface area contributed by atoms with Crippen LogP contribution in [-0.2, 0) is 4.79 Å². The van der Waals surface area contributed by atoms with Crippen LogP contribution in [0.5, 0.6) is 0 Å². The Morgan fingerprint density at radius 2 is 1.64 bits per heavy atom. The molecule has 3 N–H and O–H groups in total. The van der Waals surface area contributed by atoms with Crippen LogP contribution in [0.1, 0.15) is 24.6 Å². The van der Waals surface area contributed by atoms with Gasteiger partial charge < -0.3 is 20.0 Å². The lowest BCUT2D eigenvalue weighted by Gasteiger charge is -2.32. The summed E-state index contributed by atoms with van der Waals surface area (Å²) in [5, 5.41) is 8.13. The van der Waals surface area contributed by atoms with E-state index in [0.29, 0.717) is 16.0 Å². The van der Waals surface area contributed by atoms with E-state index in [0.717, 1.165) is 71.0 Å². The molecule has 1 fully saturated rings. The number of benzene rings is 2. The number of piperidine rings is 1. The molecule has 0 amide bonds. The number of anilines is 1. The van der Waals surface area contributed by atoms with Crippen LogP contribution in [0.25, 0.3) is 33.5 Å². The number of para-hydroxylation sites is 2. The van der Waals surface area contributed by atoms with E-state index >= 15 is 0 Å². The van der Waals surface area contributed by atoms with Crippen molar-refractivity contribution in [3.05, 3.63) is 70.6 Å². The second kappa shape index (κ2) is 10.7. The van der Waals surface area contributed by atoms with E-state index in [4.69, 9.17) is 48.1 Å². The number of carboxylic acids is 1. The second-order valence-corrected chi connectivity index (χ2v) is 9.76.